The topological polar surface area (TPSA) is 111 Å². The third kappa shape index (κ3) is 7.33. The molecule has 1 atom stereocenters. The summed E-state index contributed by atoms with van der Waals surface area (Å²) < 4.78 is 45.9. The number of aliphatic carboxylic acids is 1. The third-order valence-electron chi connectivity index (χ3n) is 6.71. The predicted octanol–water partition coefficient (Wildman–Crippen LogP) is 6.84. The molecule has 10 heteroatoms. The second kappa shape index (κ2) is 11.9. The maximum atomic E-state index is 12.8. The molecule has 4 rings (SSSR count). The van der Waals surface area contributed by atoms with Crippen LogP contribution >= 0.6 is 11.6 Å². The van der Waals surface area contributed by atoms with Gasteiger partial charge in [0.25, 0.3) is 0 Å². The molecule has 0 fully saturated rings. The normalized spacial score (nSPS) is 14.1. The number of rotatable bonds is 9. The summed E-state index contributed by atoms with van der Waals surface area (Å²) in [6, 6.07) is 13.0. The Labute approximate surface area is 246 Å². The first-order valence-corrected chi connectivity index (χ1v) is 15.6. The third-order valence-corrected chi connectivity index (χ3v) is 7.52. The number of benzene rings is 3. The molecule has 0 amide bonds. The minimum Gasteiger partial charge on any atom is -0.493 e. The van der Waals surface area contributed by atoms with Crippen LogP contribution in [0.25, 0.3) is 11.1 Å². The van der Waals surface area contributed by atoms with Gasteiger partial charge in [0.05, 0.1) is 24.2 Å². The lowest BCUT2D eigenvalue weighted by molar-refractivity contribution is -0.160. The molecule has 0 aliphatic carbocycles. The zero-order valence-electron chi connectivity index (χ0n) is 24.1. The van der Waals surface area contributed by atoms with Crippen molar-refractivity contribution in [1.82, 2.24) is 0 Å². The van der Waals surface area contributed by atoms with Gasteiger partial charge in [0.1, 0.15) is 18.1 Å². The second-order valence-electron chi connectivity index (χ2n) is 11.3. The summed E-state index contributed by atoms with van der Waals surface area (Å²) in [5.74, 6) is -0.104. The fourth-order valence-electron chi connectivity index (χ4n) is 5.07. The van der Waals surface area contributed by atoms with Gasteiger partial charge < -0.3 is 19.3 Å². The summed E-state index contributed by atoms with van der Waals surface area (Å²) in [7, 11) is -3.77. The minimum absolute atomic E-state index is 0.108. The van der Waals surface area contributed by atoms with Gasteiger partial charge in [-0.15, -0.1) is 0 Å². The fourth-order valence-corrected chi connectivity index (χ4v) is 5.90. The first-order chi connectivity index (χ1) is 19.1. The number of ether oxygens (including phenoxy) is 3. The van der Waals surface area contributed by atoms with E-state index in [2.05, 4.69) is 4.72 Å². The van der Waals surface area contributed by atoms with E-state index in [0.717, 1.165) is 41.5 Å². The van der Waals surface area contributed by atoms with Crippen molar-refractivity contribution in [3.63, 3.8) is 0 Å². The summed E-state index contributed by atoms with van der Waals surface area (Å²) in [5.41, 5.74) is 3.83. The zero-order valence-corrected chi connectivity index (χ0v) is 25.7. The molecule has 41 heavy (non-hydrogen) atoms. The summed E-state index contributed by atoms with van der Waals surface area (Å²) in [5, 5.41) is 11.0. The number of anilines is 1. The number of sulfonamides is 1. The molecule has 3 aromatic carbocycles. The summed E-state index contributed by atoms with van der Waals surface area (Å²) >= 11 is 6.18. The molecule has 3 aromatic rings. The highest BCUT2D eigenvalue weighted by Crippen LogP contribution is 2.47. The van der Waals surface area contributed by atoms with Gasteiger partial charge in [0, 0.05) is 16.1 Å². The van der Waals surface area contributed by atoms with E-state index in [0.29, 0.717) is 39.6 Å². The largest absolute Gasteiger partial charge is 0.493 e. The fraction of sp³-hybridized carbons (Fsp3) is 0.387. The maximum absolute atomic E-state index is 12.8. The van der Waals surface area contributed by atoms with E-state index in [1.165, 1.54) is 0 Å². The lowest BCUT2D eigenvalue weighted by atomic mass is 9.85. The molecule has 0 aromatic heterocycles. The summed E-state index contributed by atoms with van der Waals surface area (Å²) in [6.07, 6.45) is 1.35. The Balaban J connectivity index is 2.02. The first-order valence-electron chi connectivity index (χ1n) is 13.3. The van der Waals surface area contributed by atoms with Crippen LogP contribution in [0.3, 0.4) is 0 Å². The lowest BCUT2D eigenvalue weighted by Crippen LogP contribution is -2.29. The zero-order chi connectivity index (χ0) is 30.1. The Morgan fingerprint density at radius 2 is 1.88 bits per heavy atom. The van der Waals surface area contributed by atoms with E-state index >= 15 is 0 Å². The van der Waals surface area contributed by atoms with Gasteiger partial charge in [0.2, 0.25) is 10.0 Å². The minimum atomic E-state index is -3.77. The van der Waals surface area contributed by atoms with E-state index in [9.17, 15) is 18.3 Å². The number of carbonyl (C=O) groups is 1. The van der Waals surface area contributed by atoms with Crippen LogP contribution in [-0.2, 0) is 32.6 Å². The number of nitrogens with one attached hydrogen (secondary N) is 1. The van der Waals surface area contributed by atoms with Crippen molar-refractivity contribution in [1.29, 1.82) is 0 Å². The van der Waals surface area contributed by atoms with Crippen molar-refractivity contribution in [2.24, 2.45) is 0 Å². The average molecular weight is 602 g/mol. The molecule has 0 saturated carbocycles. The molecule has 2 N–H and O–H groups in total. The molecular formula is C31H36ClNO7S. The Hall–Kier alpha value is -3.27. The Kier molecular flexibility index (Phi) is 8.92. The van der Waals surface area contributed by atoms with Gasteiger partial charge in [-0.05, 0) is 99.5 Å². The Morgan fingerprint density at radius 3 is 2.51 bits per heavy atom. The number of halogens is 1. The highest BCUT2D eigenvalue weighted by molar-refractivity contribution is 7.92. The van der Waals surface area contributed by atoms with Crippen LogP contribution in [0.1, 0.15) is 61.1 Å². The highest BCUT2D eigenvalue weighted by Gasteiger charge is 2.35. The molecule has 0 saturated heterocycles. The second-order valence-corrected chi connectivity index (χ2v) is 13.4. The Bertz CT molecular complexity index is 1580. The molecule has 0 radical (unpaired) electrons. The van der Waals surface area contributed by atoms with Gasteiger partial charge in [-0.2, -0.15) is 0 Å². The van der Waals surface area contributed by atoms with Gasteiger partial charge in [-0.3, -0.25) is 4.72 Å². The van der Waals surface area contributed by atoms with Crippen molar-refractivity contribution in [3.8, 4) is 22.6 Å². The van der Waals surface area contributed by atoms with Gasteiger partial charge >= 0.3 is 5.97 Å². The lowest BCUT2D eigenvalue weighted by Gasteiger charge is -2.31. The van der Waals surface area contributed by atoms with Crippen molar-refractivity contribution in [2.45, 2.75) is 65.8 Å². The van der Waals surface area contributed by atoms with Crippen LogP contribution in [0, 0.1) is 13.8 Å². The number of carboxylic acid groups (broad SMARTS) is 1. The number of hydrogen-bond donors (Lipinski definition) is 2. The molecule has 1 aliphatic rings. The first kappa shape index (κ1) is 30.7. The molecule has 0 bridgehead atoms. The quantitative estimate of drug-likeness (QED) is 0.276. The molecule has 0 spiro atoms. The molecular weight excluding hydrogens is 566 g/mol. The predicted molar refractivity (Wildman–Crippen MR) is 161 cm³/mol. The van der Waals surface area contributed by atoms with E-state index in [1.54, 1.807) is 52.8 Å². The van der Waals surface area contributed by atoms with Crippen molar-refractivity contribution < 1.29 is 32.5 Å². The van der Waals surface area contributed by atoms with Gasteiger partial charge in [-0.1, -0.05) is 29.8 Å². The SMILES string of the molecule is Cc1c(OCc2cccc(Cl)c2)c(NS(C)(=O)=O)c(C)c(C(OC(C)(C)C)C(=O)O)c1-c1ccc2c(c1)CCCO2. The highest BCUT2D eigenvalue weighted by atomic mass is 35.5. The van der Waals surface area contributed by atoms with Crippen LogP contribution in [0.2, 0.25) is 5.02 Å². The van der Waals surface area contributed by atoms with E-state index in [4.69, 9.17) is 25.8 Å². The standard InChI is InChI=1S/C31H36ClNO7S/c1-18-26(29(30(34)35)40-31(3,4)5)25(22-12-13-24-21(16-22)10-8-14-38-24)19(2)28(27(18)33-41(6,36)37)39-17-20-9-7-11-23(32)15-20/h7,9,11-13,15-16,29,33H,8,10,14,17H2,1-6H3,(H,34,35). The van der Waals surface area contributed by atoms with E-state index in [-0.39, 0.29) is 12.3 Å². The van der Waals surface area contributed by atoms with E-state index < -0.39 is 27.7 Å². The van der Waals surface area contributed by atoms with Crippen LogP contribution in [0.5, 0.6) is 11.5 Å². The van der Waals surface area contributed by atoms with Crippen molar-refractivity contribution in [3.05, 3.63) is 75.3 Å². The average Bonchev–Trinajstić information content (AvgIpc) is 2.87. The van der Waals surface area contributed by atoms with Gasteiger partial charge in [0.15, 0.2) is 6.10 Å². The van der Waals surface area contributed by atoms with Crippen LogP contribution in [-0.4, -0.2) is 38.0 Å². The summed E-state index contributed by atoms with van der Waals surface area (Å²) in [6.45, 7) is 9.56. The summed E-state index contributed by atoms with van der Waals surface area (Å²) in [4.78, 5) is 12.8. The van der Waals surface area contributed by atoms with Crippen LogP contribution < -0.4 is 14.2 Å². The molecule has 8 nitrogen and oxygen atoms in total. The molecule has 1 heterocycles. The molecule has 1 unspecified atom stereocenters. The number of aryl methyl sites for hydroxylation is 1. The van der Waals surface area contributed by atoms with Crippen LogP contribution in [0.15, 0.2) is 42.5 Å². The van der Waals surface area contributed by atoms with Gasteiger partial charge in [-0.25, -0.2) is 13.2 Å². The van der Waals surface area contributed by atoms with E-state index in [1.807, 2.05) is 24.3 Å². The Morgan fingerprint density at radius 1 is 1.15 bits per heavy atom. The monoisotopic (exact) mass is 601 g/mol. The van der Waals surface area contributed by atoms with Crippen molar-refractivity contribution >= 4 is 33.3 Å². The van der Waals surface area contributed by atoms with Crippen molar-refractivity contribution in [2.75, 3.05) is 17.6 Å². The maximum Gasteiger partial charge on any atom is 0.337 e. The number of carboxylic acids is 1. The number of hydrogen-bond acceptors (Lipinski definition) is 6. The molecule has 1 aliphatic heterocycles. The number of fused-ring (bicyclic) bond motifs is 1. The molecule has 220 valence electrons. The van der Waals surface area contributed by atoms with Crippen LogP contribution in [0.4, 0.5) is 5.69 Å². The smallest absolute Gasteiger partial charge is 0.337 e.